The van der Waals surface area contributed by atoms with Crippen LogP contribution in [0.3, 0.4) is 0 Å². The molecule has 190 valence electrons. The SMILES string of the molecule is COc1cc(C=C(C(=O)/C=C/c2ccc(O)c(OC)c2)C(=O)/C=C/c2ccc(O)c(OC)c2)ccc1O. The number of carbonyl (C=O) groups excluding carboxylic acids is 2. The zero-order valence-corrected chi connectivity index (χ0v) is 20.5. The van der Waals surface area contributed by atoms with Crippen LogP contribution in [0.15, 0.2) is 72.3 Å². The number of ketones is 2. The van der Waals surface area contributed by atoms with Gasteiger partial charge >= 0.3 is 0 Å². The molecule has 8 nitrogen and oxygen atoms in total. The Morgan fingerprint density at radius 1 is 0.595 bits per heavy atom. The average Bonchev–Trinajstić information content (AvgIpc) is 2.91. The van der Waals surface area contributed by atoms with Crippen LogP contribution in [0.5, 0.6) is 34.5 Å². The topological polar surface area (TPSA) is 123 Å². The number of hydrogen-bond donors (Lipinski definition) is 3. The first-order chi connectivity index (χ1) is 17.7. The van der Waals surface area contributed by atoms with Gasteiger partial charge in [-0.25, -0.2) is 0 Å². The average molecular weight is 503 g/mol. The molecule has 3 rings (SSSR count). The zero-order valence-electron chi connectivity index (χ0n) is 20.5. The quantitative estimate of drug-likeness (QED) is 0.206. The summed E-state index contributed by atoms with van der Waals surface area (Å²) in [6.45, 7) is 0. The fourth-order valence-electron chi connectivity index (χ4n) is 3.33. The fourth-order valence-corrected chi connectivity index (χ4v) is 3.33. The third kappa shape index (κ3) is 6.79. The molecular weight excluding hydrogens is 476 g/mol. The molecule has 3 aromatic carbocycles. The first-order valence-electron chi connectivity index (χ1n) is 11.0. The van der Waals surface area contributed by atoms with E-state index in [1.54, 1.807) is 30.3 Å². The first kappa shape index (κ1) is 26.6. The molecule has 37 heavy (non-hydrogen) atoms. The fraction of sp³-hybridized carbons (Fsp3) is 0.103. The maximum atomic E-state index is 13.1. The van der Waals surface area contributed by atoms with Gasteiger partial charge in [0.15, 0.2) is 46.1 Å². The second-order valence-electron chi connectivity index (χ2n) is 7.75. The molecule has 0 aliphatic heterocycles. The van der Waals surface area contributed by atoms with E-state index in [1.807, 2.05) is 0 Å². The van der Waals surface area contributed by atoms with Crippen molar-refractivity contribution in [2.45, 2.75) is 0 Å². The predicted molar refractivity (Wildman–Crippen MR) is 140 cm³/mol. The van der Waals surface area contributed by atoms with E-state index >= 15 is 0 Å². The molecule has 8 heteroatoms. The number of methoxy groups -OCH3 is 3. The van der Waals surface area contributed by atoms with Crippen LogP contribution in [0.4, 0.5) is 0 Å². The highest BCUT2D eigenvalue weighted by molar-refractivity contribution is 6.31. The Morgan fingerprint density at radius 2 is 0.946 bits per heavy atom. The van der Waals surface area contributed by atoms with E-state index in [1.165, 1.54) is 76.0 Å². The van der Waals surface area contributed by atoms with Crippen molar-refractivity contribution < 1.29 is 39.1 Å². The molecule has 0 heterocycles. The second kappa shape index (κ2) is 12.1. The van der Waals surface area contributed by atoms with Crippen molar-refractivity contribution in [2.75, 3.05) is 21.3 Å². The summed E-state index contributed by atoms with van der Waals surface area (Å²) in [6, 6.07) is 13.6. The van der Waals surface area contributed by atoms with Crippen LogP contribution in [-0.4, -0.2) is 48.2 Å². The summed E-state index contributed by atoms with van der Waals surface area (Å²) in [5.41, 5.74) is 1.48. The molecule has 0 bridgehead atoms. The van der Waals surface area contributed by atoms with Crippen molar-refractivity contribution in [1.82, 2.24) is 0 Å². The van der Waals surface area contributed by atoms with Crippen LogP contribution in [0, 0.1) is 0 Å². The zero-order chi connectivity index (χ0) is 26.9. The van der Waals surface area contributed by atoms with Gasteiger partial charge < -0.3 is 29.5 Å². The van der Waals surface area contributed by atoms with E-state index in [0.29, 0.717) is 16.7 Å². The number of rotatable bonds is 10. The molecule has 0 amide bonds. The molecular formula is C29H26O8. The van der Waals surface area contributed by atoms with Gasteiger partial charge in [-0.15, -0.1) is 0 Å². The van der Waals surface area contributed by atoms with Crippen LogP contribution in [0.2, 0.25) is 0 Å². The Hall–Kier alpha value is -4.98. The highest BCUT2D eigenvalue weighted by Crippen LogP contribution is 2.29. The Kier molecular flexibility index (Phi) is 8.72. The Bertz CT molecular complexity index is 1320. The normalized spacial score (nSPS) is 10.9. The molecule has 0 fully saturated rings. The minimum absolute atomic E-state index is 0.0426. The second-order valence-corrected chi connectivity index (χ2v) is 7.75. The van der Waals surface area contributed by atoms with E-state index in [0.717, 1.165) is 0 Å². The minimum atomic E-state index is -0.572. The molecule has 0 saturated heterocycles. The molecule has 0 spiro atoms. The lowest BCUT2D eigenvalue weighted by Crippen LogP contribution is -2.08. The lowest BCUT2D eigenvalue weighted by atomic mass is 10.0. The summed E-state index contributed by atoms with van der Waals surface area (Å²) in [7, 11) is 4.22. The maximum Gasteiger partial charge on any atom is 0.189 e. The lowest BCUT2D eigenvalue weighted by Gasteiger charge is -2.06. The summed E-state index contributed by atoms with van der Waals surface area (Å²) in [5.74, 6) is -0.644. The highest BCUT2D eigenvalue weighted by Gasteiger charge is 2.15. The van der Waals surface area contributed by atoms with Crippen molar-refractivity contribution >= 4 is 29.8 Å². The molecule has 0 aliphatic rings. The van der Waals surface area contributed by atoms with Gasteiger partial charge in [0.2, 0.25) is 0 Å². The Morgan fingerprint density at radius 3 is 1.32 bits per heavy atom. The van der Waals surface area contributed by atoms with Crippen LogP contribution in [0.1, 0.15) is 16.7 Å². The molecule has 0 atom stereocenters. The van der Waals surface area contributed by atoms with Crippen molar-refractivity contribution in [3.63, 3.8) is 0 Å². The smallest absolute Gasteiger partial charge is 0.189 e. The number of benzene rings is 3. The molecule has 0 aromatic heterocycles. The van der Waals surface area contributed by atoms with Crippen LogP contribution >= 0.6 is 0 Å². The van der Waals surface area contributed by atoms with Gasteiger partial charge in [0.05, 0.1) is 26.9 Å². The van der Waals surface area contributed by atoms with Gasteiger partial charge in [0.25, 0.3) is 0 Å². The van der Waals surface area contributed by atoms with Gasteiger partial charge in [0.1, 0.15) is 0 Å². The van der Waals surface area contributed by atoms with Gasteiger partial charge in [-0.05, 0) is 71.3 Å². The summed E-state index contributed by atoms with van der Waals surface area (Å²) in [4.78, 5) is 26.3. The van der Waals surface area contributed by atoms with Gasteiger partial charge in [-0.3, -0.25) is 9.59 Å². The molecule has 0 radical (unpaired) electrons. The molecule has 3 aromatic rings. The van der Waals surface area contributed by atoms with E-state index in [-0.39, 0.29) is 40.1 Å². The molecule has 0 unspecified atom stereocenters. The minimum Gasteiger partial charge on any atom is -0.504 e. The Balaban J connectivity index is 1.97. The van der Waals surface area contributed by atoms with E-state index in [9.17, 15) is 24.9 Å². The maximum absolute atomic E-state index is 13.1. The summed E-state index contributed by atoms with van der Waals surface area (Å²) in [6.07, 6.45) is 6.88. The number of phenols is 3. The standard InChI is InChI=1S/C29H26O8/c1-35-27-15-18(6-11-24(27)32)4-9-22(30)21(14-20-8-13-26(34)29(17-20)37-3)23(31)10-5-19-7-12-25(33)28(16-19)36-2/h4-17,32-34H,1-3H3/b9-4+,10-5+. The molecule has 3 N–H and O–H groups in total. The highest BCUT2D eigenvalue weighted by atomic mass is 16.5. The van der Waals surface area contributed by atoms with Gasteiger partial charge in [-0.1, -0.05) is 30.4 Å². The van der Waals surface area contributed by atoms with E-state index in [2.05, 4.69) is 0 Å². The van der Waals surface area contributed by atoms with Gasteiger partial charge in [0, 0.05) is 0 Å². The predicted octanol–water partition coefficient (Wildman–Crippen LogP) is 4.78. The third-order valence-corrected chi connectivity index (χ3v) is 5.31. The third-order valence-electron chi connectivity index (χ3n) is 5.31. The van der Waals surface area contributed by atoms with E-state index < -0.39 is 11.6 Å². The molecule has 0 aliphatic carbocycles. The van der Waals surface area contributed by atoms with Crippen molar-refractivity contribution in [3.8, 4) is 34.5 Å². The number of aromatic hydroxyl groups is 3. The number of allylic oxidation sites excluding steroid dienone is 3. The van der Waals surface area contributed by atoms with Gasteiger partial charge in [-0.2, -0.15) is 0 Å². The van der Waals surface area contributed by atoms with Crippen molar-refractivity contribution in [2.24, 2.45) is 0 Å². The number of ether oxygens (including phenoxy) is 3. The van der Waals surface area contributed by atoms with Crippen molar-refractivity contribution in [3.05, 3.63) is 89.0 Å². The number of carbonyl (C=O) groups is 2. The summed E-state index contributed by atoms with van der Waals surface area (Å²) < 4.78 is 15.3. The van der Waals surface area contributed by atoms with Crippen LogP contribution in [0.25, 0.3) is 18.2 Å². The first-order valence-corrected chi connectivity index (χ1v) is 11.0. The lowest BCUT2D eigenvalue weighted by molar-refractivity contribution is -0.116. The van der Waals surface area contributed by atoms with Crippen LogP contribution in [-0.2, 0) is 9.59 Å². The molecule has 0 saturated carbocycles. The summed E-state index contributed by atoms with van der Waals surface area (Å²) in [5, 5.41) is 29.4. The Labute approximate surface area is 214 Å². The van der Waals surface area contributed by atoms with E-state index in [4.69, 9.17) is 14.2 Å². The largest absolute Gasteiger partial charge is 0.504 e. The van der Waals surface area contributed by atoms with Crippen LogP contribution < -0.4 is 14.2 Å². The van der Waals surface area contributed by atoms with Crippen molar-refractivity contribution in [1.29, 1.82) is 0 Å². The number of phenolic OH excluding ortho intramolecular Hbond substituents is 3. The summed E-state index contributed by atoms with van der Waals surface area (Å²) >= 11 is 0. The number of hydrogen-bond acceptors (Lipinski definition) is 8. The monoisotopic (exact) mass is 502 g/mol.